The van der Waals surface area contributed by atoms with Crippen LogP contribution in [0.5, 0.6) is 0 Å². The summed E-state index contributed by atoms with van der Waals surface area (Å²) in [6.45, 7) is 13.9. The van der Waals surface area contributed by atoms with Crippen LogP contribution in [0.4, 0.5) is 4.79 Å². The first-order chi connectivity index (χ1) is 23.4. The van der Waals surface area contributed by atoms with E-state index >= 15 is 0 Å². The molecule has 4 rings (SSSR count). The normalized spacial score (nSPS) is 22.9. The van der Waals surface area contributed by atoms with Crippen LogP contribution >= 0.6 is 0 Å². The summed E-state index contributed by atoms with van der Waals surface area (Å²) in [5, 5.41) is 5.87. The molecule has 276 valence electrons. The van der Waals surface area contributed by atoms with Crippen molar-refractivity contribution >= 4 is 39.1 Å². The minimum Gasteiger partial charge on any atom is -0.334 e. The van der Waals surface area contributed by atoms with E-state index in [2.05, 4.69) is 31.1 Å². The minimum absolute atomic E-state index is 0.0169. The molecule has 1 unspecified atom stereocenters. The van der Waals surface area contributed by atoms with E-state index in [1.807, 2.05) is 20.8 Å². The maximum atomic E-state index is 14.4. The van der Waals surface area contributed by atoms with Crippen LogP contribution in [-0.4, -0.2) is 72.5 Å². The molecule has 1 saturated heterocycles. The molecule has 3 aliphatic rings. The number of carbonyl (C=O) groups is 5. The number of urea groups is 1. The number of carbonyl (C=O) groups excluding carboxylic acids is 5. The van der Waals surface area contributed by atoms with Gasteiger partial charge < -0.3 is 15.5 Å². The first kappa shape index (κ1) is 39.4. The summed E-state index contributed by atoms with van der Waals surface area (Å²) in [4.78, 5) is 70.0. The van der Waals surface area contributed by atoms with E-state index in [4.69, 9.17) is 0 Å². The molecule has 3 fully saturated rings. The molecule has 2 aliphatic carbocycles. The fourth-order valence-corrected chi connectivity index (χ4v) is 9.57. The highest BCUT2D eigenvalue weighted by Gasteiger charge is 2.69. The van der Waals surface area contributed by atoms with Gasteiger partial charge in [0.1, 0.15) is 6.04 Å². The van der Waals surface area contributed by atoms with Crippen LogP contribution in [0.2, 0.25) is 0 Å². The van der Waals surface area contributed by atoms with Crippen molar-refractivity contribution in [2.75, 3.05) is 12.3 Å². The van der Waals surface area contributed by atoms with E-state index in [0.29, 0.717) is 18.5 Å². The van der Waals surface area contributed by atoms with Gasteiger partial charge in [0.15, 0.2) is 21.4 Å². The van der Waals surface area contributed by atoms with E-state index in [1.54, 1.807) is 41.3 Å². The summed E-state index contributed by atoms with van der Waals surface area (Å²) >= 11 is 0. The Labute approximate surface area is 298 Å². The average Bonchev–Trinajstić information content (AvgIpc) is 3.35. The Balaban J connectivity index is 1.46. The van der Waals surface area contributed by atoms with Crippen LogP contribution in [0.3, 0.4) is 0 Å². The van der Waals surface area contributed by atoms with Crippen molar-refractivity contribution in [3.63, 3.8) is 0 Å². The summed E-state index contributed by atoms with van der Waals surface area (Å²) in [5.74, 6) is -3.12. The van der Waals surface area contributed by atoms with Crippen LogP contribution in [0.1, 0.15) is 104 Å². The van der Waals surface area contributed by atoms with Crippen LogP contribution in [0.15, 0.2) is 43.0 Å². The molecule has 2 saturated carbocycles. The van der Waals surface area contributed by atoms with Gasteiger partial charge in [0, 0.05) is 30.8 Å². The van der Waals surface area contributed by atoms with Gasteiger partial charge >= 0.3 is 6.03 Å². The van der Waals surface area contributed by atoms with Gasteiger partial charge in [-0.15, -0.1) is 6.58 Å². The zero-order valence-corrected chi connectivity index (χ0v) is 31.4. The van der Waals surface area contributed by atoms with Crippen molar-refractivity contribution in [1.29, 1.82) is 0 Å². The summed E-state index contributed by atoms with van der Waals surface area (Å²) in [5.41, 5.74) is 0.00594. The molecule has 1 aliphatic heterocycles. The van der Waals surface area contributed by atoms with Gasteiger partial charge in [-0.25, -0.2) is 13.2 Å². The highest BCUT2D eigenvalue weighted by molar-refractivity contribution is 7.90. The third-order valence-corrected chi connectivity index (χ3v) is 12.6. The second kappa shape index (κ2) is 16.3. The highest BCUT2D eigenvalue weighted by atomic mass is 32.2. The summed E-state index contributed by atoms with van der Waals surface area (Å²) in [6, 6.07) is 6.85. The third kappa shape index (κ3) is 10.1. The molecular formula is C39H57N3O7S. The van der Waals surface area contributed by atoms with Crippen LogP contribution in [-0.2, 0) is 34.8 Å². The summed E-state index contributed by atoms with van der Waals surface area (Å²) in [7, 11) is -3.48. The molecule has 10 nitrogen and oxygen atoms in total. The molecule has 1 heterocycles. The van der Waals surface area contributed by atoms with Gasteiger partial charge in [-0.1, -0.05) is 69.5 Å². The molecule has 1 aromatic carbocycles. The monoisotopic (exact) mass is 711 g/mol. The Morgan fingerprint density at radius 2 is 1.70 bits per heavy atom. The standard InChI is InChI=1S/C39H57N3O7S/c1-7-8-18-28(35(45)30(43)21-15-22-50(48,49)25-26-16-11-9-12-17-26)23-31(44)34-32-29(39(32,5)6)24-42(34)36(46)33(27-19-13-10-14-20-27)40-37(47)41-38(2,3)4/h7,9,11-12,16-17,27-29,32-34H,1,8,10,13-15,18-25H2,2-6H3,(H2,40,41,47)/t28?,29-,32-,33-,34+/m0/s1. The quantitative estimate of drug-likeness (QED) is 0.158. The van der Waals surface area contributed by atoms with E-state index in [9.17, 15) is 32.4 Å². The number of sulfone groups is 1. The van der Waals surface area contributed by atoms with Gasteiger partial charge in [-0.05, 0) is 81.6 Å². The fraction of sp³-hybridized carbons (Fsp3) is 0.667. The molecule has 1 aromatic rings. The Morgan fingerprint density at radius 3 is 2.32 bits per heavy atom. The molecule has 3 amide bonds. The Hall–Kier alpha value is -3.34. The van der Waals surface area contributed by atoms with Crippen molar-refractivity contribution in [3.05, 3.63) is 48.6 Å². The second-order valence-electron chi connectivity index (χ2n) is 16.3. The Kier molecular flexibility index (Phi) is 12.9. The SMILES string of the molecule is C=CCCC(CC(=O)[C@@H]1[C@@H]2[C@H](CN1C(=O)[C@@H](NC(=O)NC(C)(C)C)C1CCCCC1)C2(C)C)C(=O)C(=O)CCCS(=O)(=O)Cc1ccccc1. The molecular weight excluding hydrogens is 655 g/mol. The van der Waals surface area contributed by atoms with E-state index in [0.717, 1.165) is 32.1 Å². The number of hydrogen-bond donors (Lipinski definition) is 2. The molecule has 0 spiro atoms. The number of Topliss-reactive ketones (excluding diaryl/α,β-unsaturated/α-hetero) is 3. The number of ketones is 3. The van der Waals surface area contributed by atoms with Gasteiger partial charge in [0.2, 0.25) is 11.7 Å². The summed E-state index contributed by atoms with van der Waals surface area (Å²) in [6.07, 6.45) is 6.56. The molecule has 0 bridgehead atoms. The first-order valence-corrected chi connectivity index (χ1v) is 20.1. The number of nitrogens with zero attached hydrogens (tertiary/aromatic N) is 1. The van der Waals surface area contributed by atoms with Crippen molar-refractivity contribution in [3.8, 4) is 0 Å². The zero-order chi connectivity index (χ0) is 36.9. The van der Waals surface area contributed by atoms with E-state index in [1.165, 1.54) is 0 Å². The van der Waals surface area contributed by atoms with Crippen molar-refractivity contribution < 1.29 is 32.4 Å². The maximum Gasteiger partial charge on any atom is 0.315 e. The zero-order valence-electron chi connectivity index (χ0n) is 30.5. The predicted octanol–water partition coefficient (Wildman–Crippen LogP) is 5.59. The van der Waals surface area contributed by atoms with E-state index in [-0.39, 0.29) is 72.0 Å². The number of amides is 3. The average molecular weight is 712 g/mol. The van der Waals surface area contributed by atoms with Crippen molar-refractivity contribution in [1.82, 2.24) is 15.5 Å². The molecule has 0 radical (unpaired) electrons. The maximum absolute atomic E-state index is 14.4. The lowest BCUT2D eigenvalue weighted by Gasteiger charge is -2.37. The van der Waals surface area contributed by atoms with Gasteiger partial charge in [-0.3, -0.25) is 19.2 Å². The number of benzene rings is 1. The van der Waals surface area contributed by atoms with Crippen molar-refractivity contribution in [2.24, 2.45) is 29.1 Å². The number of piperidine rings is 1. The molecule has 2 N–H and O–H groups in total. The lowest BCUT2D eigenvalue weighted by atomic mass is 9.82. The summed E-state index contributed by atoms with van der Waals surface area (Å²) < 4.78 is 25.3. The third-order valence-electron chi connectivity index (χ3n) is 10.9. The van der Waals surface area contributed by atoms with Gasteiger partial charge in [0.05, 0.1) is 17.5 Å². The number of fused-ring (bicyclic) bond motifs is 1. The number of nitrogens with one attached hydrogen (secondary N) is 2. The number of likely N-dealkylation sites (tertiary alicyclic amines) is 1. The number of hydrogen-bond acceptors (Lipinski definition) is 7. The molecule has 0 aromatic heterocycles. The predicted molar refractivity (Wildman–Crippen MR) is 194 cm³/mol. The molecule has 50 heavy (non-hydrogen) atoms. The smallest absolute Gasteiger partial charge is 0.315 e. The van der Waals surface area contributed by atoms with Gasteiger partial charge in [-0.2, -0.15) is 0 Å². The fourth-order valence-electron chi connectivity index (χ4n) is 8.14. The Bertz CT molecular complexity index is 1530. The van der Waals surface area contributed by atoms with Crippen molar-refractivity contribution in [2.45, 2.75) is 122 Å². The van der Waals surface area contributed by atoms with E-state index < -0.39 is 51.0 Å². The minimum atomic E-state index is -3.48. The molecule has 5 atom stereocenters. The lowest BCUT2D eigenvalue weighted by molar-refractivity contribution is -0.144. The first-order valence-electron chi connectivity index (χ1n) is 18.3. The lowest BCUT2D eigenvalue weighted by Crippen LogP contribution is -2.59. The largest absolute Gasteiger partial charge is 0.334 e. The van der Waals surface area contributed by atoms with Crippen LogP contribution in [0.25, 0.3) is 0 Å². The Morgan fingerprint density at radius 1 is 1.04 bits per heavy atom. The van der Waals surface area contributed by atoms with Gasteiger partial charge in [0.25, 0.3) is 0 Å². The topological polar surface area (TPSA) is 147 Å². The second-order valence-corrected chi connectivity index (χ2v) is 18.5. The van der Waals surface area contributed by atoms with Crippen LogP contribution < -0.4 is 10.6 Å². The molecule has 11 heteroatoms. The number of allylic oxidation sites excluding steroid dienone is 1. The highest BCUT2D eigenvalue weighted by Crippen LogP contribution is 2.65. The number of rotatable bonds is 17. The van der Waals surface area contributed by atoms with Crippen LogP contribution in [0, 0.1) is 29.1 Å².